The predicted molar refractivity (Wildman–Crippen MR) is 81.9 cm³/mol. The fourth-order valence-electron chi connectivity index (χ4n) is 1.64. The summed E-state index contributed by atoms with van der Waals surface area (Å²) < 4.78 is 0. The van der Waals surface area contributed by atoms with Crippen LogP contribution in [0.4, 0.5) is 16.6 Å². The first-order valence-corrected chi connectivity index (χ1v) is 6.89. The van der Waals surface area contributed by atoms with E-state index in [2.05, 4.69) is 15.5 Å². The van der Waals surface area contributed by atoms with Crippen molar-refractivity contribution in [2.45, 2.75) is 13.3 Å². The third-order valence-corrected chi connectivity index (χ3v) is 3.43. The number of rotatable bonds is 5. The highest BCUT2D eigenvalue weighted by atomic mass is 32.1. The van der Waals surface area contributed by atoms with Crippen LogP contribution in [-0.2, 0) is 6.42 Å². The lowest BCUT2D eigenvalue weighted by Crippen LogP contribution is -1.97. The highest BCUT2D eigenvalue weighted by Crippen LogP contribution is 2.30. The monoisotopic (exact) mass is 307 g/mol. The van der Waals surface area contributed by atoms with Gasteiger partial charge in [-0.2, -0.15) is 5.10 Å². The molecule has 0 spiro atoms. The van der Waals surface area contributed by atoms with Crippen LogP contribution in [0, 0.1) is 10.1 Å². The van der Waals surface area contributed by atoms with Crippen LogP contribution in [0.5, 0.6) is 5.75 Å². The smallest absolute Gasteiger partial charge is 0.311 e. The van der Waals surface area contributed by atoms with Crippen LogP contribution in [0.15, 0.2) is 22.6 Å². The molecule has 110 valence electrons. The topological polar surface area (TPSA) is 127 Å². The minimum absolute atomic E-state index is 0.262. The maximum Gasteiger partial charge on any atom is 0.311 e. The summed E-state index contributed by atoms with van der Waals surface area (Å²) in [6, 6.07) is 2.99. The summed E-state index contributed by atoms with van der Waals surface area (Å²) in [5, 5.41) is 26.8. The second-order valence-corrected chi connectivity index (χ2v) is 4.97. The maximum absolute atomic E-state index is 10.9. The molecular formula is C12H13N5O3S. The summed E-state index contributed by atoms with van der Waals surface area (Å²) >= 11 is 1.27. The molecule has 1 heterocycles. The van der Waals surface area contributed by atoms with Crippen molar-refractivity contribution in [1.82, 2.24) is 4.98 Å². The van der Waals surface area contributed by atoms with Gasteiger partial charge in [-0.3, -0.25) is 15.5 Å². The molecule has 1 aromatic heterocycles. The molecule has 0 radical (unpaired) electrons. The molecule has 21 heavy (non-hydrogen) atoms. The Morgan fingerprint density at radius 1 is 1.62 bits per heavy atom. The molecule has 1 aromatic carbocycles. The number of hydrazone groups is 1. The largest absolute Gasteiger partial charge is 0.502 e. The van der Waals surface area contributed by atoms with Crippen LogP contribution in [0.2, 0.25) is 0 Å². The molecule has 0 bridgehead atoms. The van der Waals surface area contributed by atoms with Crippen LogP contribution in [0.1, 0.15) is 18.1 Å². The minimum atomic E-state index is -0.624. The van der Waals surface area contributed by atoms with E-state index in [1.807, 2.05) is 6.92 Å². The molecule has 4 N–H and O–H groups in total. The minimum Gasteiger partial charge on any atom is -0.502 e. The van der Waals surface area contributed by atoms with E-state index in [9.17, 15) is 15.2 Å². The number of anilines is 2. The molecule has 0 aliphatic carbocycles. The van der Waals surface area contributed by atoms with Gasteiger partial charge in [0.15, 0.2) is 0 Å². The maximum atomic E-state index is 10.9. The first kappa shape index (κ1) is 14.7. The van der Waals surface area contributed by atoms with Crippen LogP contribution in [-0.4, -0.2) is 21.2 Å². The van der Waals surface area contributed by atoms with Gasteiger partial charge in [-0.15, -0.1) is 11.3 Å². The number of benzene rings is 1. The number of phenols is 1. The van der Waals surface area contributed by atoms with E-state index in [0.29, 0.717) is 17.4 Å². The summed E-state index contributed by atoms with van der Waals surface area (Å²) in [5.74, 6) is -0.0365. The number of nitrogens with one attached hydrogen (secondary N) is 1. The molecule has 0 unspecified atom stereocenters. The van der Waals surface area contributed by atoms with Gasteiger partial charge < -0.3 is 10.8 Å². The van der Waals surface area contributed by atoms with Crippen molar-refractivity contribution in [1.29, 1.82) is 0 Å². The Bertz CT molecular complexity index is 698. The zero-order chi connectivity index (χ0) is 15.4. The van der Waals surface area contributed by atoms with Gasteiger partial charge in [-0.25, -0.2) is 4.98 Å². The fraction of sp³-hybridized carbons (Fsp3) is 0.167. The van der Waals surface area contributed by atoms with Crippen molar-refractivity contribution < 1.29 is 10.0 Å². The van der Waals surface area contributed by atoms with E-state index in [0.717, 1.165) is 5.56 Å². The summed E-state index contributed by atoms with van der Waals surface area (Å²) in [5.41, 5.74) is 8.77. The zero-order valence-corrected chi connectivity index (χ0v) is 11.9. The highest BCUT2D eigenvalue weighted by molar-refractivity contribution is 7.14. The summed E-state index contributed by atoms with van der Waals surface area (Å²) in [6.45, 7) is 1.87. The molecule has 0 saturated carbocycles. The normalized spacial score (nSPS) is 10.9. The van der Waals surface area contributed by atoms with E-state index < -0.39 is 10.7 Å². The van der Waals surface area contributed by atoms with E-state index in [1.165, 1.54) is 23.6 Å². The number of nitrogen functional groups attached to an aromatic ring is 1. The average molecular weight is 307 g/mol. The van der Waals surface area contributed by atoms with Crippen LogP contribution >= 0.6 is 11.3 Å². The standard InChI is InChI=1S/C12H13N5O3S/c1-2-7-3-8(11(18)9(4-7)17(19)20)5-14-16-12-15-10(13)6-21-12/h3-6,18H,2,13H2,1H3,(H,15,16). The predicted octanol–water partition coefficient (Wildman–Crippen LogP) is 2.35. The van der Waals surface area contributed by atoms with Crippen LogP contribution in [0.25, 0.3) is 0 Å². The first-order chi connectivity index (χ1) is 10.0. The number of phenolic OH excluding ortho intramolecular Hbond substituents is 1. The molecular weight excluding hydrogens is 294 g/mol. The fourth-order valence-corrected chi connectivity index (χ4v) is 2.19. The molecule has 8 nitrogen and oxygen atoms in total. The molecule has 0 atom stereocenters. The molecule has 0 saturated heterocycles. The van der Waals surface area contributed by atoms with Crippen molar-refractivity contribution >= 4 is 34.2 Å². The number of hydrogen-bond donors (Lipinski definition) is 3. The molecule has 0 fully saturated rings. The Morgan fingerprint density at radius 3 is 2.95 bits per heavy atom. The number of thiazole rings is 1. The molecule has 9 heteroatoms. The Balaban J connectivity index is 2.26. The lowest BCUT2D eigenvalue weighted by Gasteiger charge is -2.04. The van der Waals surface area contributed by atoms with Gasteiger partial charge in [-0.1, -0.05) is 6.92 Å². The molecule has 0 aliphatic rings. The number of hydrogen-bond acceptors (Lipinski definition) is 8. The van der Waals surface area contributed by atoms with E-state index >= 15 is 0 Å². The summed E-state index contributed by atoms with van der Waals surface area (Å²) in [7, 11) is 0. The van der Waals surface area contributed by atoms with Crippen LogP contribution < -0.4 is 11.2 Å². The van der Waals surface area contributed by atoms with Gasteiger partial charge in [0, 0.05) is 17.0 Å². The highest BCUT2D eigenvalue weighted by Gasteiger charge is 2.17. The number of aromatic nitrogens is 1. The van der Waals surface area contributed by atoms with Crippen molar-refractivity contribution in [3.8, 4) is 5.75 Å². The van der Waals surface area contributed by atoms with Gasteiger partial charge in [0.05, 0.1) is 11.1 Å². The quantitative estimate of drug-likeness (QED) is 0.442. The Labute approximate surface area is 124 Å². The zero-order valence-electron chi connectivity index (χ0n) is 11.1. The summed E-state index contributed by atoms with van der Waals surface area (Å²) in [4.78, 5) is 14.2. The van der Waals surface area contributed by atoms with Gasteiger partial charge >= 0.3 is 5.69 Å². The van der Waals surface area contributed by atoms with Crippen molar-refractivity contribution in [3.63, 3.8) is 0 Å². The Hall–Kier alpha value is -2.68. The third kappa shape index (κ3) is 3.45. The molecule has 0 amide bonds. The summed E-state index contributed by atoms with van der Waals surface area (Å²) in [6.07, 6.45) is 1.91. The van der Waals surface area contributed by atoms with Crippen molar-refractivity contribution in [2.75, 3.05) is 11.2 Å². The van der Waals surface area contributed by atoms with Gasteiger partial charge in [0.1, 0.15) is 5.82 Å². The van der Waals surface area contributed by atoms with Crippen LogP contribution in [0.3, 0.4) is 0 Å². The van der Waals surface area contributed by atoms with Gasteiger partial charge in [-0.05, 0) is 18.1 Å². The average Bonchev–Trinajstić information content (AvgIpc) is 2.86. The number of nitrogens with two attached hydrogens (primary N) is 1. The first-order valence-electron chi connectivity index (χ1n) is 6.01. The van der Waals surface area contributed by atoms with E-state index in [-0.39, 0.29) is 11.3 Å². The lowest BCUT2D eigenvalue weighted by molar-refractivity contribution is -0.385. The lowest BCUT2D eigenvalue weighted by atomic mass is 10.1. The van der Waals surface area contributed by atoms with E-state index in [1.54, 1.807) is 11.4 Å². The number of aryl methyl sites for hydroxylation is 1. The second kappa shape index (κ2) is 6.18. The number of nitrogens with zero attached hydrogens (tertiary/aromatic N) is 3. The second-order valence-electron chi connectivity index (χ2n) is 4.11. The van der Waals surface area contributed by atoms with Gasteiger partial charge in [0.25, 0.3) is 0 Å². The SMILES string of the molecule is CCc1cc(C=NNc2nc(N)cs2)c(O)c([N+](=O)[O-])c1. The third-order valence-electron chi connectivity index (χ3n) is 2.67. The molecule has 2 rings (SSSR count). The Kier molecular flexibility index (Phi) is 4.33. The molecule has 2 aromatic rings. The molecule has 0 aliphatic heterocycles. The van der Waals surface area contributed by atoms with Gasteiger partial charge in [0.2, 0.25) is 10.9 Å². The Morgan fingerprint density at radius 2 is 2.38 bits per heavy atom. The van der Waals surface area contributed by atoms with Crippen molar-refractivity contribution in [2.24, 2.45) is 5.10 Å². The number of aromatic hydroxyl groups is 1. The number of nitro benzene ring substituents is 1. The number of nitro groups is 1. The van der Waals surface area contributed by atoms with Crippen molar-refractivity contribution in [3.05, 3.63) is 38.8 Å². The van der Waals surface area contributed by atoms with E-state index in [4.69, 9.17) is 5.73 Å².